The van der Waals surface area contributed by atoms with E-state index in [4.69, 9.17) is 28.4 Å². The van der Waals surface area contributed by atoms with Gasteiger partial charge in [0, 0.05) is 44.2 Å². The highest BCUT2D eigenvalue weighted by molar-refractivity contribution is 5.94. The molecule has 2 fully saturated rings. The van der Waals surface area contributed by atoms with E-state index >= 15 is 0 Å². The summed E-state index contributed by atoms with van der Waals surface area (Å²) in [4.78, 5) is 51.9. The van der Waals surface area contributed by atoms with Crippen molar-refractivity contribution in [3.05, 3.63) is 88.5 Å². The number of ether oxygens (including phenoxy) is 6. The number of hydrogen-bond donors (Lipinski definition) is 7. The van der Waals surface area contributed by atoms with E-state index in [0.29, 0.717) is 24.0 Å². The number of rotatable bonds is 16. The Bertz CT molecular complexity index is 1900. The fourth-order valence-corrected chi connectivity index (χ4v) is 7.73. The number of fused-ring (bicyclic) bond motifs is 2. The third-order valence-corrected chi connectivity index (χ3v) is 10.8. The van der Waals surface area contributed by atoms with Gasteiger partial charge in [0.1, 0.15) is 48.3 Å². The molecule has 6 rings (SSSR count). The molecule has 332 valence electrons. The second kappa shape index (κ2) is 20.1. The van der Waals surface area contributed by atoms with Crippen LogP contribution in [0.5, 0.6) is 0 Å². The summed E-state index contributed by atoms with van der Waals surface area (Å²) >= 11 is 0. The number of nitrogens with one attached hydrogen (secondary N) is 2. The fraction of sp³-hybridized carbons (Fsp3) is 0.545. The van der Waals surface area contributed by atoms with Gasteiger partial charge in [-0.1, -0.05) is 48.6 Å². The maximum atomic E-state index is 13.6. The first-order chi connectivity index (χ1) is 29.1. The predicted octanol–water partition coefficient (Wildman–Crippen LogP) is 0.756. The minimum absolute atomic E-state index is 0.0126. The van der Waals surface area contributed by atoms with Crippen molar-refractivity contribution >= 4 is 29.8 Å². The highest BCUT2D eigenvalue weighted by Crippen LogP contribution is 2.45. The van der Waals surface area contributed by atoms with Gasteiger partial charge in [0.05, 0.1) is 31.4 Å². The Labute approximate surface area is 353 Å². The molecule has 17 heteroatoms. The summed E-state index contributed by atoms with van der Waals surface area (Å²) < 4.78 is 35.3. The van der Waals surface area contributed by atoms with Gasteiger partial charge in [-0.25, -0.2) is 4.79 Å². The van der Waals surface area contributed by atoms with Crippen molar-refractivity contribution in [3.8, 4) is 0 Å². The maximum Gasteiger partial charge on any atom is 0.338 e. The van der Waals surface area contributed by atoms with Crippen LogP contribution in [0, 0.1) is 0 Å². The van der Waals surface area contributed by atoms with Crippen molar-refractivity contribution in [2.24, 2.45) is 0 Å². The fourth-order valence-electron chi connectivity index (χ4n) is 7.73. The van der Waals surface area contributed by atoms with Gasteiger partial charge in [0.25, 0.3) is 0 Å². The number of esters is 2. The molecule has 2 saturated heterocycles. The molecule has 0 saturated carbocycles. The average molecular weight is 853 g/mol. The Balaban J connectivity index is 1.04. The van der Waals surface area contributed by atoms with Crippen LogP contribution in [0.4, 0.5) is 0 Å². The molecule has 2 aromatic rings. The van der Waals surface area contributed by atoms with E-state index in [0.717, 1.165) is 11.1 Å². The van der Waals surface area contributed by atoms with Crippen LogP contribution in [0.3, 0.4) is 0 Å². The molecular formula is C44H56N2O15. The second-order valence-electron chi connectivity index (χ2n) is 16.7. The van der Waals surface area contributed by atoms with Crippen LogP contribution in [-0.4, -0.2) is 142 Å². The SMILES string of the molecule is CC(C)(C)OC(=O)CCC(CO)NC(=O)CCNC(=O)C1=CC2OC3(Cc4ccccc4C3)OC2C(OC(=O)c2ccc(C=CCOC3OC(CO)C(O)C(O)C3O)cc2)C1. The van der Waals surface area contributed by atoms with Crippen LogP contribution in [0.2, 0.25) is 0 Å². The summed E-state index contributed by atoms with van der Waals surface area (Å²) in [5.74, 6) is -2.98. The Hall–Kier alpha value is -4.56. The van der Waals surface area contributed by atoms with E-state index in [2.05, 4.69) is 10.6 Å². The molecule has 2 aliphatic carbocycles. The van der Waals surface area contributed by atoms with E-state index in [-0.39, 0.29) is 51.0 Å². The van der Waals surface area contributed by atoms with Crippen molar-refractivity contribution < 1.29 is 73.1 Å². The molecule has 4 aliphatic rings. The molecule has 2 aliphatic heterocycles. The van der Waals surface area contributed by atoms with Crippen LogP contribution in [0.15, 0.2) is 66.3 Å². The summed E-state index contributed by atoms with van der Waals surface area (Å²) in [5.41, 5.74) is 2.75. The van der Waals surface area contributed by atoms with Crippen molar-refractivity contribution in [1.29, 1.82) is 0 Å². The minimum atomic E-state index is -1.55. The Morgan fingerprint density at radius 3 is 2.30 bits per heavy atom. The van der Waals surface area contributed by atoms with E-state index in [1.807, 2.05) is 24.3 Å². The number of aliphatic hydroxyl groups is 5. The van der Waals surface area contributed by atoms with Crippen LogP contribution in [-0.2, 0) is 55.6 Å². The molecule has 9 atom stereocenters. The lowest BCUT2D eigenvalue weighted by atomic mass is 9.91. The van der Waals surface area contributed by atoms with E-state index in [9.17, 15) is 44.7 Å². The second-order valence-corrected chi connectivity index (χ2v) is 16.7. The topological polar surface area (TPSA) is 249 Å². The standard InChI is InChI=1S/C44H56N2O15/c1-43(2,3)60-35(50)15-14-30(23-47)46-34(49)16-17-45-40(54)29-19-31(39-32(20-29)59-44(61-39)21-27-8-4-5-9-28(27)22-44)57-41(55)26-12-10-25(11-13-26)7-6-18-56-42-38(53)37(52)36(51)33(24-48)58-42/h4-13,20,30-33,36-39,42,47-48,51-53H,14-19,21-24H2,1-3H3,(H,45,54)(H,46,49). The van der Waals surface area contributed by atoms with Gasteiger partial charge in [-0.05, 0) is 62.1 Å². The molecule has 2 heterocycles. The molecule has 7 N–H and O–H groups in total. The van der Waals surface area contributed by atoms with Crippen molar-refractivity contribution in [3.63, 3.8) is 0 Å². The first-order valence-corrected chi connectivity index (χ1v) is 20.5. The molecule has 2 aromatic carbocycles. The smallest absolute Gasteiger partial charge is 0.338 e. The molecule has 0 bridgehead atoms. The largest absolute Gasteiger partial charge is 0.460 e. The first-order valence-electron chi connectivity index (χ1n) is 20.5. The van der Waals surface area contributed by atoms with Gasteiger partial charge in [0.15, 0.2) is 12.1 Å². The highest BCUT2D eigenvalue weighted by atomic mass is 16.8. The molecule has 0 radical (unpaired) electrons. The zero-order valence-corrected chi connectivity index (χ0v) is 34.4. The maximum absolute atomic E-state index is 13.6. The number of carbonyl (C=O) groups is 4. The van der Waals surface area contributed by atoms with Gasteiger partial charge < -0.3 is 64.6 Å². The predicted molar refractivity (Wildman–Crippen MR) is 215 cm³/mol. The van der Waals surface area contributed by atoms with Crippen LogP contribution in [0.1, 0.15) is 73.5 Å². The highest BCUT2D eigenvalue weighted by Gasteiger charge is 2.55. The van der Waals surface area contributed by atoms with Gasteiger partial charge in [-0.3, -0.25) is 14.4 Å². The lowest BCUT2D eigenvalue weighted by molar-refractivity contribution is -0.298. The number of amides is 2. The quantitative estimate of drug-likeness (QED) is 0.115. The van der Waals surface area contributed by atoms with Gasteiger partial charge >= 0.3 is 11.9 Å². The average Bonchev–Trinajstić information content (AvgIpc) is 3.78. The third-order valence-electron chi connectivity index (χ3n) is 10.8. The van der Waals surface area contributed by atoms with Gasteiger partial charge in [0.2, 0.25) is 11.8 Å². The van der Waals surface area contributed by atoms with Gasteiger partial charge in [-0.15, -0.1) is 0 Å². The number of hydrogen-bond acceptors (Lipinski definition) is 15. The van der Waals surface area contributed by atoms with Crippen molar-refractivity contribution in [2.45, 2.75) is 126 Å². The van der Waals surface area contributed by atoms with Crippen LogP contribution in [0.25, 0.3) is 6.08 Å². The minimum Gasteiger partial charge on any atom is -0.460 e. The molecule has 17 nitrogen and oxygen atoms in total. The Kier molecular flexibility index (Phi) is 15.1. The molecule has 0 aromatic heterocycles. The summed E-state index contributed by atoms with van der Waals surface area (Å²) in [6.45, 7) is 4.24. The normalized spacial score (nSPS) is 27.2. The lowest BCUT2D eigenvalue weighted by Gasteiger charge is -2.39. The summed E-state index contributed by atoms with van der Waals surface area (Å²) in [5, 5.41) is 54.7. The van der Waals surface area contributed by atoms with Gasteiger partial charge in [-0.2, -0.15) is 0 Å². The first kappa shape index (κ1) is 46.0. The number of carbonyl (C=O) groups excluding carboxylic acids is 4. The van der Waals surface area contributed by atoms with Crippen molar-refractivity contribution in [2.75, 3.05) is 26.4 Å². The summed E-state index contributed by atoms with van der Waals surface area (Å²) in [6, 6.07) is 13.8. The van der Waals surface area contributed by atoms with Crippen LogP contribution < -0.4 is 10.6 Å². The monoisotopic (exact) mass is 852 g/mol. The molecule has 1 spiro atoms. The van der Waals surface area contributed by atoms with E-state index < -0.39 is 96.8 Å². The zero-order valence-electron chi connectivity index (χ0n) is 34.4. The third kappa shape index (κ3) is 11.9. The number of benzene rings is 2. The van der Waals surface area contributed by atoms with Crippen molar-refractivity contribution in [1.82, 2.24) is 10.6 Å². The summed E-state index contributed by atoms with van der Waals surface area (Å²) in [6.07, 6.45) is -3.15. The Morgan fingerprint density at radius 1 is 0.934 bits per heavy atom. The van der Waals surface area contributed by atoms with E-state index in [1.165, 1.54) is 0 Å². The molecular weight excluding hydrogens is 796 g/mol. The summed E-state index contributed by atoms with van der Waals surface area (Å²) in [7, 11) is 0. The molecule has 2 amide bonds. The molecule has 9 unspecified atom stereocenters. The lowest BCUT2D eigenvalue weighted by Crippen LogP contribution is -2.59. The zero-order chi connectivity index (χ0) is 43.9. The molecule has 61 heavy (non-hydrogen) atoms. The van der Waals surface area contributed by atoms with Crippen LogP contribution >= 0.6 is 0 Å². The van der Waals surface area contributed by atoms with E-state index in [1.54, 1.807) is 63.3 Å². The Morgan fingerprint density at radius 2 is 1.64 bits per heavy atom. The number of aliphatic hydroxyl groups excluding tert-OH is 5.